The zero-order valence-corrected chi connectivity index (χ0v) is 14.6. The monoisotopic (exact) mass is 329 g/mol. The molecule has 0 spiro atoms. The molecule has 0 aliphatic carbocycles. The number of thiophene rings is 1. The number of fused-ring (bicyclic) bond motifs is 1. The zero-order valence-electron chi connectivity index (χ0n) is 13.7. The molecule has 0 saturated carbocycles. The Morgan fingerprint density at radius 3 is 3.00 bits per heavy atom. The van der Waals surface area contributed by atoms with Crippen molar-refractivity contribution in [2.45, 2.75) is 45.4 Å². The van der Waals surface area contributed by atoms with Crippen molar-refractivity contribution in [3.8, 4) is 0 Å². The lowest BCUT2D eigenvalue weighted by Crippen LogP contribution is -2.41. The predicted octanol–water partition coefficient (Wildman–Crippen LogP) is 3.51. The second-order valence-corrected chi connectivity index (χ2v) is 8.10. The molecule has 2 saturated heterocycles. The summed E-state index contributed by atoms with van der Waals surface area (Å²) < 4.78 is 6.35. The van der Waals surface area contributed by atoms with Gasteiger partial charge in [0, 0.05) is 29.0 Å². The molecule has 4 rings (SSSR count). The first-order chi connectivity index (χ1) is 11.2. The lowest BCUT2D eigenvalue weighted by molar-refractivity contribution is -0.0105. The first-order valence-corrected chi connectivity index (χ1v) is 9.22. The van der Waals surface area contributed by atoms with Crippen LogP contribution in [-0.4, -0.2) is 34.1 Å². The Morgan fingerprint density at radius 1 is 1.30 bits per heavy atom. The van der Waals surface area contributed by atoms with E-state index in [0.717, 1.165) is 31.0 Å². The summed E-state index contributed by atoms with van der Waals surface area (Å²) in [5.74, 6) is 1.51. The van der Waals surface area contributed by atoms with Crippen molar-refractivity contribution in [2.24, 2.45) is 5.92 Å². The van der Waals surface area contributed by atoms with Crippen molar-refractivity contribution in [1.82, 2.24) is 14.9 Å². The molecule has 0 unspecified atom stereocenters. The Labute approximate surface area is 141 Å². The maximum Gasteiger partial charge on any atom is 0.125 e. The summed E-state index contributed by atoms with van der Waals surface area (Å²) in [5, 5.41) is 0. The molecule has 23 heavy (non-hydrogen) atoms. The molecule has 0 amide bonds. The summed E-state index contributed by atoms with van der Waals surface area (Å²) in [5.41, 5.74) is 1.05. The van der Waals surface area contributed by atoms with Crippen LogP contribution in [0.4, 0.5) is 0 Å². The van der Waals surface area contributed by atoms with E-state index < -0.39 is 0 Å². The Morgan fingerprint density at radius 2 is 2.22 bits per heavy atom. The molecule has 2 aliphatic heterocycles. The Hall–Kier alpha value is -1.30. The van der Waals surface area contributed by atoms with Gasteiger partial charge >= 0.3 is 0 Å². The van der Waals surface area contributed by atoms with E-state index in [1.807, 2.05) is 30.5 Å². The third-order valence-corrected chi connectivity index (χ3v) is 5.92. The van der Waals surface area contributed by atoms with Crippen LogP contribution in [0.5, 0.6) is 0 Å². The van der Waals surface area contributed by atoms with Crippen LogP contribution in [0.1, 0.15) is 40.2 Å². The van der Waals surface area contributed by atoms with Gasteiger partial charge in [-0.05, 0) is 57.4 Å². The highest BCUT2D eigenvalue weighted by Gasteiger charge is 2.40. The number of piperidine rings is 1. The van der Waals surface area contributed by atoms with Crippen LogP contribution < -0.4 is 0 Å². The summed E-state index contributed by atoms with van der Waals surface area (Å²) >= 11 is 1.91. The van der Waals surface area contributed by atoms with Crippen molar-refractivity contribution < 1.29 is 4.74 Å². The summed E-state index contributed by atoms with van der Waals surface area (Å²) in [6, 6.07) is 6.47. The first kappa shape index (κ1) is 15.2. The lowest BCUT2D eigenvalue weighted by Gasteiger charge is -2.33. The molecule has 2 fully saturated rings. The van der Waals surface area contributed by atoms with Gasteiger partial charge in [-0.15, -0.1) is 11.3 Å². The zero-order chi connectivity index (χ0) is 15.8. The molecule has 0 radical (unpaired) electrons. The fraction of sp³-hybridized carbons (Fsp3) is 0.556. The van der Waals surface area contributed by atoms with E-state index in [-0.39, 0.29) is 6.10 Å². The molecule has 3 atom stereocenters. The third kappa shape index (κ3) is 3.32. The highest BCUT2D eigenvalue weighted by molar-refractivity contribution is 7.11. The van der Waals surface area contributed by atoms with Gasteiger partial charge in [-0.25, -0.2) is 9.97 Å². The maximum absolute atomic E-state index is 6.35. The molecule has 5 heteroatoms. The number of aromatic nitrogens is 2. The van der Waals surface area contributed by atoms with Gasteiger partial charge in [-0.3, -0.25) is 4.90 Å². The number of likely N-dealkylation sites (tertiary alicyclic amines) is 1. The second-order valence-electron chi connectivity index (χ2n) is 6.72. The van der Waals surface area contributed by atoms with Crippen LogP contribution in [0.15, 0.2) is 24.4 Å². The Kier molecular flexibility index (Phi) is 4.18. The number of rotatable bonds is 3. The largest absolute Gasteiger partial charge is 0.367 e. The van der Waals surface area contributed by atoms with Gasteiger partial charge in [0.1, 0.15) is 11.9 Å². The van der Waals surface area contributed by atoms with E-state index in [4.69, 9.17) is 4.74 Å². The third-order valence-electron chi connectivity index (χ3n) is 4.94. The average molecular weight is 329 g/mol. The van der Waals surface area contributed by atoms with E-state index in [1.54, 1.807) is 0 Å². The van der Waals surface area contributed by atoms with E-state index in [1.165, 1.54) is 22.7 Å². The minimum atomic E-state index is 0.149. The molecule has 2 aromatic heterocycles. The molecule has 4 nitrogen and oxygen atoms in total. The van der Waals surface area contributed by atoms with Crippen molar-refractivity contribution in [2.75, 3.05) is 13.1 Å². The molecular weight excluding hydrogens is 306 g/mol. The number of nitrogens with zero attached hydrogens (tertiary/aromatic N) is 3. The number of ether oxygens (including phenoxy) is 1. The summed E-state index contributed by atoms with van der Waals surface area (Å²) in [6.07, 6.45) is 4.68. The van der Waals surface area contributed by atoms with Crippen LogP contribution in [0.3, 0.4) is 0 Å². The van der Waals surface area contributed by atoms with Gasteiger partial charge in [0.25, 0.3) is 0 Å². The highest BCUT2D eigenvalue weighted by Crippen LogP contribution is 2.40. The smallest absolute Gasteiger partial charge is 0.125 e. The molecule has 0 aromatic carbocycles. The topological polar surface area (TPSA) is 38.2 Å². The standard InChI is InChI=1S/C18H23N3OS/c1-12-3-4-15(23-12)10-21-8-6-14-9-17(22-18(14)11-21)16-5-7-19-13(2)20-16/h3-5,7,14,17-18H,6,8-11H2,1-2H3/t14-,17+,18+/m1/s1. The SMILES string of the molecule is Cc1nccc([C@@H]2C[C@H]3CCN(Cc4ccc(C)s4)C[C@@H]3O2)n1. The minimum Gasteiger partial charge on any atom is -0.367 e. The molecule has 0 bridgehead atoms. The van der Waals surface area contributed by atoms with Crippen LogP contribution in [0.2, 0.25) is 0 Å². The van der Waals surface area contributed by atoms with Crippen molar-refractivity contribution in [3.63, 3.8) is 0 Å². The van der Waals surface area contributed by atoms with Crippen LogP contribution in [0, 0.1) is 19.8 Å². The van der Waals surface area contributed by atoms with Gasteiger partial charge in [0.2, 0.25) is 0 Å². The van der Waals surface area contributed by atoms with Gasteiger partial charge in [-0.2, -0.15) is 0 Å². The summed E-state index contributed by atoms with van der Waals surface area (Å²) in [7, 11) is 0. The van der Waals surface area contributed by atoms with Crippen molar-refractivity contribution in [3.05, 3.63) is 45.7 Å². The number of hydrogen-bond donors (Lipinski definition) is 0. The summed E-state index contributed by atoms with van der Waals surface area (Å²) in [4.78, 5) is 14.1. The van der Waals surface area contributed by atoms with Gasteiger partial charge < -0.3 is 4.74 Å². The van der Waals surface area contributed by atoms with E-state index >= 15 is 0 Å². The quantitative estimate of drug-likeness (QED) is 0.864. The number of aryl methyl sites for hydroxylation is 2. The highest BCUT2D eigenvalue weighted by atomic mass is 32.1. The molecule has 4 heterocycles. The fourth-order valence-electron chi connectivity index (χ4n) is 3.77. The normalized spacial score (nSPS) is 28.0. The van der Waals surface area contributed by atoms with Gasteiger partial charge in [-0.1, -0.05) is 0 Å². The fourth-order valence-corrected chi connectivity index (χ4v) is 4.71. The van der Waals surface area contributed by atoms with Gasteiger partial charge in [0.05, 0.1) is 11.8 Å². The van der Waals surface area contributed by atoms with Crippen LogP contribution in [-0.2, 0) is 11.3 Å². The van der Waals surface area contributed by atoms with Gasteiger partial charge in [0.15, 0.2) is 0 Å². The average Bonchev–Trinajstić information content (AvgIpc) is 3.13. The first-order valence-electron chi connectivity index (χ1n) is 8.40. The molecule has 2 aliphatic rings. The van der Waals surface area contributed by atoms with Crippen molar-refractivity contribution in [1.29, 1.82) is 0 Å². The predicted molar refractivity (Wildman–Crippen MR) is 91.4 cm³/mol. The van der Waals surface area contributed by atoms with Crippen LogP contribution >= 0.6 is 11.3 Å². The summed E-state index contributed by atoms with van der Waals surface area (Å²) in [6.45, 7) is 7.40. The lowest BCUT2D eigenvalue weighted by atomic mass is 9.91. The van der Waals surface area contributed by atoms with E-state index in [2.05, 4.69) is 33.9 Å². The number of hydrogen-bond acceptors (Lipinski definition) is 5. The Balaban J connectivity index is 1.40. The van der Waals surface area contributed by atoms with E-state index in [9.17, 15) is 0 Å². The molecule has 2 aromatic rings. The second kappa shape index (κ2) is 6.30. The minimum absolute atomic E-state index is 0.149. The molecule has 0 N–H and O–H groups in total. The van der Waals surface area contributed by atoms with E-state index in [0.29, 0.717) is 12.0 Å². The molecule has 122 valence electrons. The van der Waals surface area contributed by atoms with Crippen molar-refractivity contribution >= 4 is 11.3 Å². The molecular formula is C18H23N3OS. The Bertz CT molecular complexity index is 686. The maximum atomic E-state index is 6.35. The van der Waals surface area contributed by atoms with Crippen LogP contribution in [0.25, 0.3) is 0 Å².